The number of aryl methyl sites for hydroxylation is 1. The van der Waals surface area contributed by atoms with Crippen molar-refractivity contribution >= 4 is 17.0 Å². The van der Waals surface area contributed by atoms with Gasteiger partial charge < -0.3 is 10.8 Å². The van der Waals surface area contributed by atoms with Crippen molar-refractivity contribution in [1.29, 1.82) is 0 Å². The van der Waals surface area contributed by atoms with E-state index in [4.69, 9.17) is 15.7 Å². The molecule has 0 radical (unpaired) electrons. The Labute approximate surface area is 183 Å². The highest BCUT2D eigenvalue weighted by Crippen LogP contribution is 2.33. The maximum atomic E-state index is 13.5. The molecule has 5 aromatic rings. The summed E-state index contributed by atoms with van der Waals surface area (Å²) >= 11 is 0. The van der Waals surface area contributed by atoms with E-state index in [9.17, 15) is 9.50 Å². The smallest absolute Gasteiger partial charge is 0.165 e. The number of anilines is 1. The van der Waals surface area contributed by atoms with Crippen LogP contribution >= 0.6 is 0 Å². The maximum absolute atomic E-state index is 13.5. The first kappa shape index (κ1) is 19.8. The Morgan fingerprint density at radius 2 is 1.75 bits per heavy atom. The van der Waals surface area contributed by atoms with E-state index in [0.29, 0.717) is 28.4 Å². The number of pyridine rings is 2. The zero-order valence-electron chi connectivity index (χ0n) is 17.3. The topological polar surface area (TPSA) is 89.8 Å². The van der Waals surface area contributed by atoms with E-state index in [1.54, 1.807) is 18.3 Å². The lowest BCUT2D eigenvalue weighted by atomic mass is 10.1. The Bertz CT molecular complexity index is 1430. The van der Waals surface area contributed by atoms with Gasteiger partial charge in [0.25, 0.3) is 0 Å². The minimum absolute atomic E-state index is 0.0421. The van der Waals surface area contributed by atoms with Gasteiger partial charge in [0.05, 0.1) is 17.9 Å². The van der Waals surface area contributed by atoms with Crippen LogP contribution in [0.5, 0.6) is 0 Å². The number of aromatic nitrogens is 4. The molecule has 0 amide bonds. The van der Waals surface area contributed by atoms with Crippen molar-refractivity contribution in [2.75, 3.05) is 5.73 Å². The number of fused-ring (bicyclic) bond motifs is 1. The zero-order valence-corrected chi connectivity index (χ0v) is 17.3. The van der Waals surface area contributed by atoms with E-state index in [1.807, 2.05) is 54.0 Å². The first-order valence-electron chi connectivity index (χ1n) is 10.1. The average Bonchev–Trinajstić information content (AvgIpc) is 3.17. The van der Waals surface area contributed by atoms with Crippen LogP contribution in [0.25, 0.3) is 39.5 Å². The fourth-order valence-corrected chi connectivity index (χ4v) is 3.78. The van der Waals surface area contributed by atoms with E-state index < -0.39 is 0 Å². The van der Waals surface area contributed by atoms with Gasteiger partial charge in [-0.05, 0) is 72.6 Å². The molecule has 32 heavy (non-hydrogen) atoms. The summed E-state index contributed by atoms with van der Waals surface area (Å²) in [6, 6.07) is 19.4. The molecule has 2 aromatic carbocycles. The first-order valence-corrected chi connectivity index (χ1v) is 10.1. The molecule has 0 spiro atoms. The Kier molecular flexibility index (Phi) is 4.88. The number of aliphatic hydroxyl groups excluding tert-OH is 1. The van der Waals surface area contributed by atoms with Gasteiger partial charge in [0.15, 0.2) is 11.5 Å². The number of benzene rings is 2. The fraction of sp³-hybridized carbons (Fsp3) is 0.0800. The Morgan fingerprint density at radius 3 is 2.44 bits per heavy atom. The highest BCUT2D eigenvalue weighted by Gasteiger charge is 2.19. The lowest BCUT2D eigenvalue weighted by Crippen LogP contribution is -2.02. The molecule has 3 heterocycles. The summed E-state index contributed by atoms with van der Waals surface area (Å²) in [5.74, 6) is 0.688. The van der Waals surface area contributed by atoms with E-state index in [1.165, 1.54) is 12.1 Å². The molecule has 0 atom stereocenters. The SMILES string of the molecule is Cc1cc2nc(-c3cccnc3N)n(-c3ccc(CO)cc3)c2nc1-c1ccc(F)cc1. The van der Waals surface area contributed by atoms with Gasteiger partial charge in [0, 0.05) is 17.4 Å². The molecule has 0 bridgehead atoms. The number of rotatable bonds is 4. The molecule has 0 aliphatic carbocycles. The van der Waals surface area contributed by atoms with E-state index >= 15 is 0 Å². The van der Waals surface area contributed by atoms with Crippen molar-refractivity contribution in [3.63, 3.8) is 0 Å². The molecule has 3 aromatic heterocycles. The molecule has 0 aliphatic rings. The van der Waals surface area contributed by atoms with E-state index in [0.717, 1.165) is 28.1 Å². The zero-order chi connectivity index (χ0) is 22.2. The molecule has 7 heteroatoms. The summed E-state index contributed by atoms with van der Waals surface area (Å²) in [6.45, 7) is 1.91. The minimum Gasteiger partial charge on any atom is -0.392 e. The van der Waals surface area contributed by atoms with Crippen molar-refractivity contribution in [2.45, 2.75) is 13.5 Å². The summed E-state index contributed by atoms with van der Waals surface area (Å²) in [4.78, 5) is 14.0. The van der Waals surface area contributed by atoms with Crippen molar-refractivity contribution < 1.29 is 9.50 Å². The lowest BCUT2D eigenvalue weighted by Gasteiger charge is -2.12. The second-order valence-electron chi connectivity index (χ2n) is 7.54. The quantitative estimate of drug-likeness (QED) is 0.437. The van der Waals surface area contributed by atoms with Gasteiger partial charge >= 0.3 is 0 Å². The predicted octanol–water partition coefficient (Wildman–Crippen LogP) is 4.67. The number of nitrogens with two attached hydrogens (primary N) is 1. The molecule has 0 saturated heterocycles. The molecule has 0 fully saturated rings. The highest BCUT2D eigenvalue weighted by molar-refractivity contribution is 5.85. The van der Waals surface area contributed by atoms with Crippen LogP contribution in [0, 0.1) is 12.7 Å². The summed E-state index contributed by atoms with van der Waals surface area (Å²) < 4.78 is 15.4. The largest absolute Gasteiger partial charge is 0.392 e. The lowest BCUT2D eigenvalue weighted by molar-refractivity contribution is 0.282. The number of nitrogen functional groups attached to an aromatic ring is 1. The van der Waals surface area contributed by atoms with Crippen LogP contribution in [0.3, 0.4) is 0 Å². The number of hydrogen-bond donors (Lipinski definition) is 2. The Morgan fingerprint density at radius 1 is 1.00 bits per heavy atom. The third kappa shape index (κ3) is 3.38. The second kappa shape index (κ2) is 7.86. The van der Waals surface area contributed by atoms with Crippen molar-refractivity contribution in [3.8, 4) is 28.3 Å². The number of imidazole rings is 1. The van der Waals surface area contributed by atoms with E-state index in [2.05, 4.69) is 4.98 Å². The number of aliphatic hydroxyl groups is 1. The fourth-order valence-electron chi connectivity index (χ4n) is 3.78. The standard InChI is InChI=1S/C25H20FN5O/c1-15-13-21-25(30-22(15)17-6-8-18(26)9-7-17)31(19-10-4-16(14-32)5-11-19)24(29-21)20-3-2-12-28-23(20)27/h2-13,32H,14H2,1H3,(H2,27,28). The first-order chi connectivity index (χ1) is 15.5. The summed E-state index contributed by atoms with van der Waals surface area (Å²) in [7, 11) is 0. The average molecular weight is 425 g/mol. The van der Waals surface area contributed by atoms with Crippen LogP contribution in [0.4, 0.5) is 10.2 Å². The molecule has 6 nitrogen and oxygen atoms in total. The molecule has 0 aliphatic heterocycles. The third-order valence-corrected chi connectivity index (χ3v) is 5.40. The van der Waals surface area contributed by atoms with Crippen molar-refractivity contribution in [3.05, 3.63) is 89.9 Å². The van der Waals surface area contributed by atoms with Crippen molar-refractivity contribution in [2.24, 2.45) is 0 Å². The van der Waals surface area contributed by atoms with Crippen LogP contribution in [0.1, 0.15) is 11.1 Å². The molecule has 0 unspecified atom stereocenters. The van der Waals surface area contributed by atoms with Crippen LogP contribution in [-0.2, 0) is 6.61 Å². The molecular weight excluding hydrogens is 405 g/mol. The van der Waals surface area contributed by atoms with Crippen LogP contribution in [0.2, 0.25) is 0 Å². The molecule has 3 N–H and O–H groups in total. The maximum Gasteiger partial charge on any atom is 0.165 e. The van der Waals surface area contributed by atoms with Gasteiger partial charge in [-0.3, -0.25) is 4.57 Å². The van der Waals surface area contributed by atoms with Gasteiger partial charge in [-0.15, -0.1) is 0 Å². The number of nitrogens with zero attached hydrogens (tertiary/aromatic N) is 4. The van der Waals surface area contributed by atoms with E-state index in [-0.39, 0.29) is 12.4 Å². The normalized spacial score (nSPS) is 11.2. The summed E-state index contributed by atoms with van der Waals surface area (Å²) in [5.41, 5.74) is 12.3. The van der Waals surface area contributed by atoms with Crippen LogP contribution in [0.15, 0.2) is 72.9 Å². The molecule has 158 valence electrons. The van der Waals surface area contributed by atoms with Crippen LogP contribution < -0.4 is 5.73 Å². The number of hydrogen-bond acceptors (Lipinski definition) is 5. The van der Waals surface area contributed by atoms with Gasteiger partial charge in [-0.1, -0.05) is 12.1 Å². The molecule has 5 rings (SSSR count). The summed E-state index contributed by atoms with van der Waals surface area (Å²) in [6.07, 6.45) is 1.64. The minimum atomic E-state index is -0.296. The molecular formula is C25H20FN5O. The summed E-state index contributed by atoms with van der Waals surface area (Å²) in [5, 5.41) is 9.43. The third-order valence-electron chi connectivity index (χ3n) is 5.40. The number of halogens is 1. The van der Waals surface area contributed by atoms with Gasteiger partial charge in [0.1, 0.15) is 17.2 Å². The second-order valence-corrected chi connectivity index (χ2v) is 7.54. The molecule has 0 saturated carbocycles. The van der Waals surface area contributed by atoms with Crippen molar-refractivity contribution in [1.82, 2.24) is 19.5 Å². The monoisotopic (exact) mass is 425 g/mol. The van der Waals surface area contributed by atoms with Gasteiger partial charge in [-0.2, -0.15) is 0 Å². The Hall–Kier alpha value is -4.10. The van der Waals surface area contributed by atoms with Gasteiger partial charge in [0.2, 0.25) is 0 Å². The van der Waals surface area contributed by atoms with Gasteiger partial charge in [-0.25, -0.2) is 19.3 Å². The highest BCUT2D eigenvalue weighted by atomic mass is 19.1. The van der Waals surface area contributed by atoms with Crippen LogP contribution in [-0.4, -0.2) is 24.6 Å². The Balaban J connectivity index is 1.81. The predicted molar refractivity (Wildman–Crippen MR) is 123 cm³/mol.